The Morgan fingerprint density at radius 2 is 2.14 bits per heavy atom. The summed E-state index contributed by atoms with van der Waals surface area (Å²) in [6.45, 7) is 5.75. The molecule has 0 aliphatic rings. The highest BCUT2D eigenvalue weighted by Gasteiger charge is 2.17. The summed E-state index contributed by atoms with van der Waals surface area (Å²) in [5, 5.41) is 13.3. The fourth-order valence-electron chi connectivity index (χ4n) is 3.03. The van der Waals surface area contributed by atoms with Crippen LogP contribution >= 0.6 is 11.3 Å². The van der Waals surface area contributed by atoms with Crippen molar-refractivity contribution in [1.82, 2.24) is 15.1 Å². The summed E-state index contributed by atoms with van der Waals surface area (Å²) < 4.78 is 11.0. The number of para-hydroxylation sites is 1. The number of thiophene rings is 1. The van der Waals surface area contributed by atoms with Gasteiger partial charge in [0.1, 0.15) is 0 Å². The van der Waals surface area contributed by atoms with Gasteiger partial charge in [0.2, 0.25) is 11.8 Å². The Balaban J connectivity index is 1.67. The highest BCUT2D eigenvalue weighted by atomic mass is 32.1. The molecule has 0 aliphatic carbocycles. The third-order valence-electron chi connectivity index (χ3n) is 4.54. The molecule has 0 unspecified atom stereocenters. The quantitative estimate of drug-likeness (QED) is 0.544. The summed E-state index contributed by atoms with van der Waals surface area (Å²) in [4.78, 5) is 15.6. The second kappa shape index (κ2) is 10.3. The van der Waals surface area contributed by atoms with Crippen LogP contribution in [0.25, 0.3) is 10.8 Å². The summed E-state index contributed by atoms with van der Waals surface area (Å²) >= 11 is 1.54. The van der Waals surface area contributed by atoms with Gasteiger partial charge in [0, 0.05) is 19.3 Å². The molecule has 0 radical (unpaired) electrons. The Morgan fingerprint density at radius 3 is 2.86 bits per heavy atom. The standard InChI is InChI=1S/C21H26N4O3S/c1-4-16-8-5-7-15(2)20(16)22-18(26)13-25(10-11-27-3)14-19-23-24-21(28-19)17-9-6-12-29-17/h5-9,12H,4,10-11,13-14H2,1-3H3,(H,22,26). The number of methoxy groups -OCH3 is 1. The van der Waals surface area contributed by atoms with Crippen molar-refractivity contribution in [2.45, 2.75) is 26.8 Å². The molecule has 1 amide bonds. The highest BCUT2D eigenvalue weighted by molar-refractivity contribution is 7.13. The van der Waals surface area contributed by atoms with Crippen molar-refractivity contribution in [2.24, 2.45) is 0 Å². The van der Waals surface area contributed by atoms with Crippen molar-refractivity contribution < 1.29 is 13.9 Å². The van der Waals surface area contributed by atoms with Gasteiger partial charge in [-0.25, -0.2) is 0 Å². The zero-order chi connectivity index (χ0) is 20.6. The van der Waals surface area contributed by atoms with Crippen LogP contribution in [0.4, 0.5) is 5.69 Å². The molecule has 3 rings (SSSR count). The first kappa shape index (κ1) is 21.2. The first-order valence-corrected chi connectivity index (χ1v) is 10.4. The van der Waals surface area contributed by atoms with Crippen LogP contribution < -0.4 is 5.32 Å². The number of hydrogen-bond donors (Lipinski definition) is 1. The molecule has 154 valence electrons. The van der Waals surface area contributed by atoms with E-state index < -0.39 is 0 Å². The number of aryl methyl sites for hydroxylation is 2. The van der Waals surface area contributed by atoms with Gasteiger partial charge < -0.3 is 14.5 Å². The van der Waals surface area contributed by atoms with Crippen LogP contribution in [0.2, 0.25) is 0 Å². The largest absolute Gasteiger partial charge is 0.419 e. The molecular formula is C21H26N4O3S. The topological polar surface area (TPSA) is 80.5 Å². The van der Waals surface area contributed by atoms with E-state index in [0.29, 0.717) is 31.5 Å². The van der Waals surface area contributed by atoms with E-state index in [9.17, 15) is 4.79 Å². The minimum atomic E-state index is -0.0805. The van der Waals surface area contributed by atoms with Crippen molar-refractivity contribution >= 4 is 22.9 Å². The van der Waals surface area contributed by atoms with Gasteiger partial charge in [0.25, 0.3) is 5.89 Å². The maximum Gasteiger partial charge on any atom is 0.257 e. The lowest BCUT2D eigenvalue weighted by molar-refractivity contribution is -0.117. The lowest BCUT2D eigenvalue weighted by atomic mass is 10.1. The van der Waals surface area contributed by atoms with Gasteiger partial charge >= 0.3 is 0 Å². The first-order valence-electron chi connectivity index (χ1n) is 9.56. The van der Waals surface area contributed by atoms with Crippen LogP contribution in [-0.2, 0) is 22.5 Å². The third kappa shape index (κ3) is 5.72. The van der Waals surface area contributed by atoms with Crippen LogP contribution in [0.15, 0.2) is 40.1 Å². The molecule has 0 fully saturated rings. The Morgan fingerprint density at radius 1 is 1.28 bits per heavy atom. The number of rotatable bonds is 10. The molecule has 0 atom stereocenters. The summed E-state index contributed by atoms with van der Waals surface area (Å²) in [6, 6.07) is 9.92. The van der Waals surface area contributed by atoms with Crippen molar-refractivity contribution in [2.75, 3.05) is 32.1 Å². The predicted molar refractivity (Wildman–Crippen MR) is 114 cm³/mol. The molecule has 0 saturated carbocycles. The van der Waals surface area contributed by atoms with Crippen LogP contribution in [0.1, 0.15) is 23.9 Å². The van der Waals surface area contributed by atoms with Gasteiger partial charge in [-0.05, 0) is 35.9 Å². The number of aromatic nitrogens is 2. The average molecular weight is 415 g/mol. The Kier molecular flexibility index (Phi) is 7.51. The lowest BCUT2D eigenvalue weighted by Gasteiger charge is -2.20. The number of carbonyl (C=O) groups is 1. The second-order valence-electron chi connectivity index (χ2n) is 6.69. The molecule has 0 saturated heterocycles. The molecule has 0 bridgehead atoms. The van der Waals surface area contributed by atoms with Crippen molar-refractivity contribution in [3.63, 3.8) is 0 Å². The molecule has 29 heavy (non-hydrogen) atoms. The fourth-order valence-corrected chi connectivity index (χ4v) is 3.67. The van der Waals surface area contributed by atoms with E-state index in [1.807, 2.05) is 47.5 Å². The monoisotopic (exact) mass is 414 g/mol. The number of nitrogens with one attached hydrogen (secondary N) is 1. The average Bonchev–Trinajstić information content (AvgIpc) is 3.39. The van der Waals surface area contributed by atoms with E-state index in [2.05, 4.69) is 22.4 Å². The molecule has 1 N–H and O–H groups in total. The third-order valence-corrected chi connectivity index (χ3v) is 5.40. The van der Waals surface area contributed by atoms with Crippen molar-refractivity contribution in [1.29, 1.82) is 0 Å². The van der Waals surface area contributed by atoms with E-state index in [0.717, 1.165) is 28.1 Å². The van der Waals surface area contributed by atoms with Crippen LogP contribution in [0, 0.1) is 6.92 Å². The van der Waals surface area contributed by atoms with Gasteiger partial charge in [0.15, 0.2) is 0 Å². The molecule has 0 spiro atoms. The molecule has 7 nitrogen and oxygen atoms in total. The number of amides is 1. The zero-order valence-corrected chi connectivity index (χ0v) is 17.8. The van der Waals surface area contributed by atoms with Crippen LogP contribution in [-0.4, -0.2) is 47.8 Å². The molecular weight excluding hydrogens is 388 g/mol. The predicted octanol–water partition coefficient (Wildman–Crippen LogP) is 3.76. The number of ether oxygens (including phenoxy) is 1. The summed E-state index contributed by atoms with van der Waals surface area (Å²) in [5.41, 5.74) is 3.07. The minimum absolute atomic E-state index is 0.0805. The van der Waals surface area contributed by atoms with Crippen LogP contribution in [0.3, 0.4) is 0 Å². The van der Waals surface area contributed by atoms with Gasteiger partial charge in [0.05, 0.1) is 24.6 Å². The van der Waals surface area contributed by atoms with Gasteiger partial charge in [-0.15, -0.1) is 21.5 Å². The maximum absolute atomic E-state index is 12.7. The van der Waals surface area contributed by atoms with Gasteiger partial charge in [-0.1, -0.05) is 31.2 Å². The summed E-state index contributed by atoms with van der Waals surface area (Å²) in [7, 11) is 1.64. The van der Waals surface area contributed by atoms with Crippen molar-refractivity contribution in [3.05, 3.63) is 52.7 Å². The zero-order valence-electron chi connectivity index (χ0n) is 17.0. The van der Waals surface area contributed by atoms with Gasteiger partial charge in [-0.3, -0.25) is 9.69 Å². The number of nitrogens with zero attached hydrogens (tertiary/aromatic N) is 3. The smallest absolute Gasteiger partial charge is 0.257 e. The lowest BCUT2D eigenvalue weighted by Crippen LogP contribution is -2.35. The van der Waals surface area contributed by atoms with E-state index in [4.69, 9.17) is 9.15 Å². The first-order chi connectivity index (χ1) is 14.1. The summed E-state index contributed by atoms with van der Waals surface area (Å²) in [5.74, 6) is 0.893. The SMILES string of the molecule is CCc1cccc(C)c1NC(=O)CN(CCOC)Cc1nnc(-c2cccs2)o1. The second-order valence-corrected chi connectivity index (χ2v) is 7.64. The number of carbonyl (C=O) groups excluding carboxylic acids is 1. The normalized spacial score (nSPS) is 11.2. The maximum atomic E-state index is 12.7. The van der Waals surface area contributed by atoms with E-state index in [-0.39, 0.29) is 12.5 Å². The number of hydrogen-bond acceptors (Lipinski definition) is 7. The molecule has 1 aromatic carbocycles. The number of anilines is 1. The molecule has 0 aliphatic heterocycles. The molecule has 2 aromatic heterocycles. The van der Waals surface area contributed by atoms with Crippen molar-refractivity contribution in [3.8, 4) is 10.8 Å². The summed E-state index contributed by atoms with van der Waals surface area (Å²) in [6.07, 6.45) is 0.859. The molecule has 2 heterocycles. The van der Waals surface area contributed by atoms with Gasteiger partial charge in [-0.2, -0.15) is 0 Å². The van der Waals surface area contributed by atoms with E-state index >= 15 is 0 Å². The fraction of sp³-hybridized carbons (Fsp3) is 0.381. The minimum Gasteiger partial charge on any atom is -0.419 e. The number of benzene rings is 1. The van der Waals surface area contributed by atoms with Crippen LogP contribution in [0.5, 0.6) is 0 Å². The Labute approximate surface area is 174 Å². The van der Waals surface area contributed by atoms with E-state index in [1.54, 1.807) is 18.4 Å². The molecule has 3 aromatic rings. The van der Waals surface area contributed by atoms with E-state index in [1.165, 1.54) is 0 Å². The molecule has 8 heteroatoms. The Bertz CT molecular complexity index is 924. The highest BCUT2D eigenvalue weighted by Crippen LogP contribution is 2.23. The Hall–Kier alpha value is -2.55.